The average molecular weight is 1070 g/mol. The molecule has 1 aliphatic rings. The summed E-state index contributed by atoms with van der Waals surface area (Å²) in [5.74, 6) is -0.184. The number of aliphatic hydroxyl groups is 5. The van der Waals surface area contributed by atoms with Crippen LogP contribution in [0.25, 0.3) is 0 Å². The number of allylic oxidation sites excluding steroid dienone is 5. The summed E-state index contributed by atoms with van der Waals surface area (Å²) < 4.78 is 11.3. The molecule has 9 nitrogen and oxygen atoms in total. The van der Waals surface area contributed by atoms with E-state index < -0.39 is 49.5 Å². The van der Waals surface area contributed by atoms with Crippen molar-refractivity contribution in [1.82, 2.24) is 5.32 Å². The number of ether oxygens (including phenoxy) is 2. The minimum atomic E-state index is -1.57. The van der Waals surface area contributed by atoms with Gasteiger partial charge in [0.05, 0.1) is 25.4 Å². The zero-order chi connectivity index (χ0) is 55.0. The number of hydrogen-bond donors (Lipinski definition) is 6. The third kappa shape index (κ3) is 45.2. The van der Waals surface area contributed by atoms with E-state index in [-0.39, 0.29) is 12.5 Å². The molecule has 0 aromatic heterocycles. The Morgan fingerprint density at radius 2 is 0.750 bits per heavy atom. The predicted octanol–water partition coefficient (Wildman–Crippen LogP) is 17.5. The molecule has 0 aliphatic carbocycles. The van der Waals surface area contributed by atoms with Crippen LogP contribution >= 0.6 is 0 Å². The highest BCUT2D eigenvalue weighted by atomic mass is 16.7. The molecule has 9 heteroatoms. The van der Waals surface area contributed by atoms with Gasteiger partial charge in [0, 0.05) is 6.42 Å². The molecule has 0 aromatic rings. The van der Waals surface area contributed by atoms with Crippen molar-refractivity contribution in [1.29, 1.82) is 0 Å². The fraction of sp³-hybridized carbons (Fsp3) is 0.896. The minimum Gasteiger partial charge on any atom is -0.394 e. The van der Waals surface area contributed by atoms with Crippen LogP contribution in [0, 0.1) is 0 Å². The largest absolute Gasteiger partial charge is 0.394 e. The molecule has 7 atom stereocenters. The molecule has 7 unspecified atom stereocenters. The van der Waals surface area contributed by atoms with Crippen LogP contribution in [0.3, 0.4) is 0 Å². The number of carbonyl (C=O) groups is 1. The maximum absolute atomic E-state index is 13.1. The summed E-state index contributed by atoms with van der Waals surface area (Å²) in [4.78, 5) is 13.1. The van der Waals surface area contributed by atoms with Crippen LogP contribution in [0.2, 0.25) is 0 Å². The Bertz CT molecular complexity index is 1290. The lowest BCUT2D eigenvalue weighted by atomic mass is 9.99. The van der Waals surface area contributed by atoms with E-state index in [2.05, 4.69) is 43.5 Å². The van der Waals surface area contributed by atoms with Crippen LogP contribution in [0.4, 0.5) is 0 Å². The van der Waals surface area contributed by atoms with E-state index in [1.54, 1.807) is 6.08 Å². The van der Waals surface area contributed by atoms with E-state index in [9.17, 15) is 30.3 Å². The Hall–Kier alpha value is -1.59. The molecule has 0 aromatic carbocycles. The van der Waals surface area contributed by atoms with Crippen LogP contribution < -0.4 is 5.32 Å². The molecule has 0 spiro atoms. The molecule has 0 bridgehead atoms. The van der Waals surface area contributed by atoms with Gasteiger partial charge in [-0.15, -0.1) is 0 Å². The summed E-state index contributed by atoms with van der Waals surface area (Å²) >= 11 is 0. The first-order valence-corrected chi connectivity index (χ1v) is 33.2. The Morgan fingerprint density at radius 3 is 1.11 bits per heavy atom. The van der Waals surface area contributed by atoms with Crippen LogP contribution in [-0.2, 0) is 14.3 Å². The fourth-order valence-electron chi connectivity index (χ4n) is 10.7. The zero-order valence-corrected chi connectivity index (χ0v) is 50.0. The zero-order valence-electron chi connectivity index (χ0n) is 50.0. The number of unbranched alkanes of at least 4 members (excludes halogenated alkanes) is 44. The Morgan fingerprint density at radius 1 is 0.434 bits per heavy atom. The van der Waals surface area contributed by atoms with E-state index in [0.29, 0.717) is 6.42 Å². The van der Waals surface area contributed by atoms with Crippen molar-refractivity contribution in [2.24, 2.45) is 0 Å². The van der Waals surface area contributed by atoms with Gasteiger partial charge in [-0.1, -0.05) is 314 Å². The number of amides is 1. The maximum atomic E-state index is 13.1. The highest BCUT2D eigenvalue weighted by Gasteiger charge is 2.44. The van der Waals surface area contributed by atoms with Crippen molar-refractivity contribution in [3.05, 3.63) is 36.5 Å². The normalized spacial score (nSPS) is 19.0. The summed E-state index contributed by atoms with van der Waals surface area (Å²) in [6.45, 7) is 3.81. The molecule has 1 rings (SSSR count). The standard InChI is InChI=1S/C67H127NO8/c1-3-5-7-9-11-13-15-17-19-21-23-25-27-28-29-30-31-32-33-35-37-39-41-43-45-47-49-51-53-55-57-63(71)68-60(59-75-67-66(74)65(73)64(72)62(58-69)76-67)61(70)56-54-52-50-48-46-44-42-40-38-36-34-26-24-22-20-18-16-14-12-10-8-6-4-2/h38,40,46,48,54,56,60-62,64-67,69-70,72-74H,3-37,39,41-45,47,49-53,55,57-59H2,1-2H3,(H,68,71)/b40-38+,48-46+,56-54+. The van der Waals surface area contributed by atoms with Crippen LogP contribution in [0.5, 0.6) is 0 Å². The van der Waals surface area contributed by atoms with Crippen LogP contribution in [0.1, 0.15) is 328 Å². The monoisotopic (exact) mass is 1070 g/mol. The van der Waals surface area contributed by atoms with Gasteiger partial charge in [-0.25, -0.2) is 0 Å². The summed E-state index contributed by atoms with van der Waals surface area (Å²) in [6.07, 6.45) is 68.2. The highest BCUT2D eigenvalue weighted by Crippen LogP contribution is 2.23. The SMILES string of the molecule is CCCCCCCCCCCCCCC/C=C/CC/C=C/CC/C=C/C(O)C(COC1OC(CO)C(O)C(O)C1O)NC(=O)CCCCCCCCCCCCCCCCCCCCCCCCCCCCCCCC. The third-order valence-corrected chi connectivity index (χ3v) is 15.9. The van der Waals surface area contributed by atoms with Gasteiger partial charge in [-0.2, -0.15) is 0 Å². The molecule has 0 radical (unpaired) electrons. The topological polar surface area (TPSA) is 149 Å². The van der Waals surface area contributed by atoms with Crippen molar-refractivity contribution >= 4 is 5.91 Å². The van der Waals surface area contributed by atoms with Crippen molar-refractivity contribution in [3.63, 3.8) is 0 Å². The van der Waals surface area contributed by atoms with E-state index in [1.165, 1.54) is 263 Å². The summed E-state index contributed by atoms with van der Waals surface area (Å²) in [5, 5.41) is 54.6. The fourth-order valence-corrected chi connectivity index (χ4v) is 10.7. The molecule has 448 valence electrons. The Kier molecular flexibility index (Phi) is 54.0. The van der Waals surface area contributed by atoms with Gasteiger partial charge < -0.3 is 40.3 Å². The lowest BCUT2D eigenvalue weighted by molar-refractivity contribution is -0.302. The van der Waals surface area contributed by atoms with Crippen molar-refractivity contribution in [2.75, 3.05) is 13.2 Å². The second-order valence-corrected chi connectivity index (χ2v) is 23.3. The Balaban J connectivity index is 2.16. The van der Waals surface area contributed by atoms with Gasteiger partial charge in [0.25, 0.3) is 0 Å². The summed E-state index contributed by atoms with van der Waals surface area (Å²) in [5.41, 5.74) is 0. The van der Waals surface area contributed by atoms with Crippen molar-refractivity contribution in [3.8, 4) is 0 Å². The molecule has 76 heavy (non-hydrogen) atoms. The second kappa shape index (κ2) is 56.7. The minimum absolute atomic E-state index is 0.184. The smallest absolute Gasteiger partial charge is 0.220 e. The Labute approximate surface area is 470 Å². The predicted molar refractivity (Wildman–Crippen MR) is 323 cm³/mol. The first-order valence-electron chi connectivity index (χ1n) is 33.2. The van der Waals surface area contributed by atoms with Crippen molar-refractivity contribution in [2.45, 2.75) is 371 Å². The molecule has 1 heterocycles. The van der Waals surface area contributed by atoms with Crippen molar-refractivity contribution < 1.29 is 39.8 Å². The molecule has 1 fully saturated rings. The summed E-state index contributed by atoms with van der Waals surface area (Å²) in [6, 6.07) is -0.827. The quantitative estimate of drug-likeness (QED) is 0.0261. The molecule has 1 saturated heterocycles. The molecule has 1 amide bonds. The molecular weight excluding hydrogens is 947 g/mol. The number of aliphatic hydroxyl groups excluding tert-OH is 5. The van der Waals surface area contributed by atoms with Gasteiger partial charge in [0.2, 0.25) is 5.91 Å². The van der Waals surface area contributed by atoms with Gasteiger partial charge in [-0.05, 0) is 44.9 Å². The summed E-state index contributed by atoms with van der Waals surface area (Å²) in [7, 11) is 0. The van der Waals surface area contributed by atoms with Crippen LogP contribution in [-0.4, -0.2) is 87.5 Å². The number of hydrogen-bond acceptors (Lipinski definition) is 8. The van der Waals surface area contributed by atoms with E-state index >= 15 is 0 Å². The second-order valence-electron chi connectivity index (χ2n) is 23.3. The van der Waals surface area contributed by atoms with Crippen LogP contribution in [0.15, 0.2) is 36.5 Å². The van der Waals surface area contributed by atoms with Gasteiger partial charge >= 0.3 is 0 Å². The lowest BCUT2D eigenvalue weighted by Crippen LogP contribution is -2.60. The third-order valence-electron chi connectivity index (χ3n) is 15.9. The molecule has 6 N–H and O–H groups in total. The average Bonchev–Trinajstić information content (AvgIpc) is 3.42. The molecule has 1 aliphatic heterocycles. The number of rotatable bonds is 58. The lowest BCUT2D eigenvalue weighted by Gasteiger charge is -2.40. The van der Waals surface area contributed by atoms with E-state index in [4.69, 9.17) is 9.47 Å². The number of nitrogens with one attached hydrogen (secondary N) is 1. The van der Waals surface area contributed by atoms with E-state index in [1.807, 2.05) is 6.08 Å². The van der Waals surface area contributed by atoms with Gasteiger partial charge in [-0.3, -0.25) is 4.79 Å². The molecular formula is C67H127NO8. The van der Waals surface area contributed by atoms with Gasteiger partial charge in [0.15, 0.2) is 6.29 Å². The first-order chi connectivity index (χ1) is 37.3. The molecule has 0 saturated carbocycles. The number of carbonyl (C=O) groups excluding carboxylic acids is 1. The highest BCUT2D eigenvalue weighted by molar-refractivity contribution is 5.76. The maximum Gasteiger partial charge on any atom is 0.220 e. The van der Waals surface area contributed by atoms with E-state index in [0.717, 1.165) is 44.9 Å². The first kappa shape index (κ1) is 72.4. The van der Waals surface area contributed by atoms with Gasteiger partial charge in [0.1, 0.15) is 24.4 Å².